The Morgan fingerprint density at radius 1 is 0.574 bits per heavy atom. The first-order chi connectivity index (χ1) is 29.1. The highest BCUT2D eigenvalue weighted by Crippen LogP contribution is 2.42. The van der Waals surface area contributed by atoms with Crippen LogP contribution in [0.5, 0.6) is 11.5 Å². The Hall–Kier alpha value is -3.85. The average molecular weight is 854 g/mol. The van der Waals surface area contributed by atoms with Crippen LogP contribution >= 0.6 is 11.6 Å². The Kier molecular flexibility index (Phi) is 14.3. The number of methoxy groups -OCH3 is 2. The smallest absolute Gasteiger partial charge is 0.311 e. The monoisotopic (exact) mass is 852 g/mol. The first-order valence-electron chi connectivity index (χ1n) is 22.7. The maximum atomic E-state index is 11.6. The van der Waals surface area contributed by atoms with Crippen molar-refractivity contribution in [2.75, 3.05) is 40.4 Å². The van der Waals surface area contributed by atoms with Crippen LogP contribution < -0.4 is 9.47 Å². The van der Waals surface area contributed by atoms with Gasteiger partial charge in [-0.05, 0) is 132 Å². The van der Waals surface area contributed by atoms with Crippen molar-refractivity contribution in [3.8, 4) is 11.5 Å². The molecule has 2 saturated heterocycles. The van der Waals surface area contributed by atoms with Gasteiger partial charge in [-0.3, -0.25) is 19.4 Å². The van der Waals surface area contributed by atoms with Crippen LogP contribution in [0.25, 0.3) is 21.5 Å². The van der Waals surface area contributed by atoms with Crippen LogP contribution in [-0.2, 0) is 32.2 Å². The molecule has 4 aromatic rings. The summed E-state index contributed by atoms with van der Waals surface area (Å²) in [5, 5.41) is 5.31. The number of likely N-dealkylation sites (tertiary alicyclic amines) is 2. The van der Waals surface area contributed by atoms with Crippen LogP contribution in [0.15, 0.2) is 66.7 Å². The fourth-order valence-electron chi connectivity index (χ4n) is 9.97. The van der Waals surface area contributed by atoms with Crippen LogP contribution in [0, 0.1) is 34.5 Å². The van der Waals surface area contributed by atoms with E-state index in [1.54, 1.807) is 0 Å². The number of fused-ring (bicyclic) bond motifs is 2. The number of benzene rings is 4. The zero-order chi connectivity index (χ0) is 43.5. The van der Waals surface area contributed by atoms with E-state index in [1.165, 1.54) is 61.8 Å². The van der Waals surface area contributed by atoms with Crippen LogP contribution in [0.3, 0.4) is 0 Å². The van der Waals surface area contributed by atoms with E-state index in [0.29, 0.717) is 22.0 Å². The van der Waals surface area contributed by atoms with Gasteiger partial charge in [0.2, 0.25) is 0 Å². The molecular weight excluding hydrogens is 784 g/mol. The lowest BCUT2D eigenvalue weighted by Crippen LogP contribution is -2.49. The normalized spacial score (nSPS) is 23.0. The Morgan fingerprint density at radius 2 is 1.02 bits per heavy atom. The molecule has 4 aromatic carbocycles. The highest BCUT2D eigenvalue weighted by Gasteiger charge is 2.35. The Balaban J connectivity index is 0.000000184. The minimum absolute atomic E-state index is 0.0121. The van der Waals surface area contributed by atoms with Crippen molar-refractivity contribution in [3.63, 3.8) is 0 Å². The Morgan fingerprint density at radius 3 is 1.52 bits per heavy atom. The van der Waals surface area contributed by atoms with Gasteiger partial charge >= 0.3 is 11.9 Å². The van der Waals surface area contributed by atoms with Crippen LogP contribution in [-0.4, -0.2) is 74.3 Å². The molecule has 330 valence electrons. The maximum absolute atomic E-state index is 11.6. The maximum Gasteiger partial charge on any atom is 0.311 e. The van der Waals surface area contributed by atoms with Gasteiger partial charge in [0.1, 0.15) is 11.5 Å². The predicted octanol–water partition coefficient (Wildman–Crippen LogP) is 11.5. The SMILES string of the molecule is COC(=O)C1CN(Cc2ccc3c(Cl)c(OC4CCC(C(C)(C)C)CC4)ccc3c2)C1.COC(=O)C1CN(Cc2ccc3cc(OC4CCC(C(C)(C)C)CC4)ccc3c2)C1. The minimum Gasteiger partial charge on any atom is -0.490 e. The lowest BCUT2D eigenvalue weighted by Gasteiger charge is -2.37. The molecule has 2 saturated carbocycles. The largest absolute Gasteiger partial charge is 0.490 e. The molecule has 2 aliphatic carbocycles. The molecule has 9 heteroatoms. The molecule has 0 radical (unpaired) electrons. The first-order valence-corrected chi connectivity index (χ1v) is 23.1. The molecular formula is C52H69ClN2O6. The fourth-order valence-corrected chi connectivity index (χ4v) is 10.2. The van der Waals surface area contributed by atoms with Gasteiger partial charge in [0, 0.05) is 44.7 Å². The summed E-state index contributed by atoms with van der Waals surface area (Å²) in [5.41, 5.74) is 3.28. The number of ether oxygens (including phenoxy) is 4. The third kappa shape index (κ3) is 11.4. The van der Waals surface area contributed by atoms with E-state index < -0.39 is 0 Å². The summed E-state index contributed by atoms with van der Waals surface area (Å²) < 4.78 is 22.3. The molecule has 8 rings (SSSR count). The second-order valence-corrected chi connectivity index (χ2v) is 20.9. The second kappa shape index (κ2) is 19.3. The first kappa shape index (κ1) is 45.2. The molecule has 8 nitrogen and oxygen atoms in total. The van der Waals surface area contributed by atoms with Crippen molar-refractivity contribution in [2.24, 2.45) is 34.5 Å². The van der Waals surface area contributed by atoms with Crippen LogP contribution in [0.2, 0.25) is 5.02 Å². The van der Waals surface area contributed by atoms with Crippen LogP contribution in [0.1, 0.15) is 104 Å². The van der Waals surface area contributed by atoms with Crippen LogP contribution in [0.4, 0.5) is 0 Å². The zero-order valence-corrected chi connectivity index (χ0v) is 38.7. The quantitative estimate of drug-likeness (QED) is 0.146. The van der Waals surface area contributed by atoms with Gasteiger partial charge in [-0.25, -0.2) is 0 Å². The van der Waals surface area contributed by atoms with Crippen molar-refractivity contribution in [3.05, 3.63) is 82.9 Å². The fraction of sp³-hybridized carbons (Fsp3) is 0.577. The number of hydrogen-bond acceptors (Lipinski definition) is 8. The molecule has 2 aliphatic heterocycles. The Labute approximate surface area is 369 Å². The predicted molar refractivity (Wildman–Crippen MR) is 246 cm³/mol. The van der Waals surface area contributed by atoms with E-state index in [4.69, 9.17) is 30.5 Å². The van der Waals surface area contributed by atoms with Gasteiger partial charge < -0.3 is 18.9 Å². The summed E-state index contributed by atoms with van der Waals surface area (Å²) in [5.74, 6) is 3.20. The molecule has 4 aliphatic rings. The number of rotatable bonds is 10. The molecule has 0 bridgehead atoms. The number of carbonyl (C=O) groups excluding carboxylic acids is 2. The standard InChI is InChI=1S/C26H34ClNO3.C26H35NO3/c1-26(2,3)20-7-9-21(10-8-20)31-23-12-6-18-13-17(5-11-22(18)24(23)27)14-28-15-19(16-28)25(29)30-4;1-26(2,3)22-8-11-23(12-9-22)30-24-10-7-19-13-18(5-6-20(19)14-24)15-27-16-21(17-27)25(28)29-4/h5-6,11-13,19-21H,7-10,14-16H2,1-4H3;5-7,10,13-14,21-23H,8-9,11-12,15-17H2,1-4H3. The van der Waals surface area contributed by atoms with Crippen molar-refractivity contribution in [1.29, 1.82) is 0 Å². The molecule has 0 N–H and O–H groups in total. The lowest BCUT2D eigenvalue weighted by molar-refractivity contribution is -0.152. The number of nitrogens with zero attached hydrogens (tertiary/aromatic N) is 2. The summed E-state index contributed by atoms with van der Waals surface area (Å²) in [6.07, 6.45) is 10.1. The number of esters is 2. The lowest BCUT2D eigenvalue weighted by atomic mass is 9.72. The van der Waals surface area contributed by atoms with E-state index in [9.17, 15) is 9.59 Å². The third-order valence-corrected chi connectivity index (χ3v) is 14.4. The van der Waals surface area contributed by atoms with E-state index >= 15 is 0 Å². The number of hydrogen-bond donors (Lipinski definition) is 0. The Bertz CT molecular complexity index is 2130. The van der Waals surface area contributed by atoms with Crippen molar-refractivity contribution in [2.45, 2.75) is 118 Å². The molecule has 0 spiro atoms. The van der Waals surface area contributed by atoms with E-state index in [-0.39, 0.29) is 29.9 Å². The molecule has 4 fully saturated rings. The molecule has 0 atom stereocenters. The van der Waals surface area contributed by atoms with Gasteiger partial charge in [0.05, 0.1) is 43.3 Å². The molecule has 2 heterocycles. The summed E-state index contributed by atoms with van der Waals surface area (Å²) in [6.45, 7) is 18.9. The second-order valence-electron chi connectivity index (χ2n) is 20.5. The number of carbonyl (C=O) groups is 2. The highest BCUT2D eigenvalue weighted by molar-refractivity contribution is 6.37. The van der Waals surface area contributed by atoms with Gasteiger partial charge in [0.25, 0.3) is 0 Å². The van der Waals surface area contributed by atoms with Crippen molar-refractivity contribution in [1.82, 2.24) is 9.80 Å². The molecule has 0 aromatic heterocycles. The van der Waals surface area contributed by atoms with Gasteiger partial charge in [-0.1, -0.05) is 89.5 Å². The zero-order valence-electron chi connectivity index (χ0n) is 37.9. The topological polar surface area (TPSA) is 77.5 Å². The molecule has 0 amide bonds. The molecule has 0 unspecified atom stereocenters. The highest BCUT2D eigenvalue weighted by atomic mass is 35.5. The van der Waals surface area contributed by atoms with E-state index in [2.05, 4.69) is 112 Å². The molecule has 61 heavy (non-hydrogen) atoms. The van der Waals surface area contributed by atoms with Crippen molar-refractivity contribution >= 4 is 45.1 Å². The third-order valence-electron chi connectivity index (χ3n) is 14.0. The summed E-state index contributed by atoms with van der Waals surface area (Å²) in [6, 6.07) is 23.6. The van der Waals surface area contributed by atoms with Crippen molar-refractivity contribution < 1.29 is 28.5 Å². The van der Waals surface area contributed by atoms with E-state index in [0.717, 1.165) is 99.1 Å². The summed E-state index contributed by atoms with van der Waals surface area (Å²) in [7, 11) is 2.91. The average Bonchev–Trinajstić information content (AvgIpc) is 3.20. The van der Waals surface area contributed by atoms with Gasteiger partial charge in [-0.15, -0.1) is 0 Å². The summed E-state index contributed by atoms with van der Waals surface area (Å²) in [4.78, 5) is 27.6. The minimum atomic E-state index is -0.110. The van der Waals surface area contributed by atoms with E-state index in [1.807, 2.05) is 6.07 Å². The summed E-state index contributed by atoms with van der Waals surface area (Å²) >= 11 is 6.74. The van der Waals surface area contributed by atoms with Gasteiger partial charge in [-0.2, -0.15) is 0 Å². The van der Waals surface area contributed by atoms with Gasteiger partial charge in [0.15, 0.2) is 0 Å². The number of halogens is 1.